The largest absolute Gasteiger partial charge is 0.321 e. The number of benzene rings is 1. The fourth-order valence-electron chi connectivity index (χ4n) is 1.66. The first-order chi connectivity index (χ1) is 7.15. The number of hydrogen-bond donors (Lipinski definition) is 1. The molecule has 0 heterocycles. The van der Waals surface area contributed by atoms with Crippen molar-refractivity contribution in [2.24, 2.45) is 11.7 Å². The second-order valence-electron chi connectivity index (χ2n) is 6.26. The molecule has 1 nitrogen and oxygen atoms in total. The summed E-state index contributed by atoms with van der Waals surface area (Å²) in [5, 5.41) is 0. The Morgan fingerprint density at radius 2 is 1.25 bits per heavy atom. The highest BCUT2D eigenvalue weighted by Crippen LogP contribution is 2.29. The lowest BCUT2D eigenvalue weighted by Crippen LogP contribution is -2.38. The minimum atomic E-state index is -0.240. The molecular formula is C15H25N. The first-order valence-corrected chi connectivity index (χ1v) is 6.05. The van der Waals surface area contributed by atoms with Gasteiger partial charge in [0.15, 0.2) is 0 Å². The van der Waals surface area contributed by atoms with Gasteiger partial charge in [0.2, 0.25) is 0 Å². The third-order valence-electron chi connectivity index (χ3n) is 3.57. The zero-order valence-electron chi connectivity index (χ0n) is 11.5. The quantitative estimate of drug-likeness (QED) is 0.804. The summed E-state index contributed by atoms with van der Waals surface area (Å²) in [6.07, 6.45) is 0. The maximum Gasteiger partial charge on any atom is 0.0404 e. The molecule has 0 aliphatic heterocycles. The predicted molar refractivity (Wildman–Crippen MR) is 71.5 cm³/mol. The van der Waals surface area contributed by atoms with Gasteiger partial charge in [-0.3, -0.25) is 0 Å². The molecule has 1 atom stereocenters. The van der Waals surface area contributed by atoms with Crippen LogP contribution in [0.15, 0.2) is 24.3 Å². The zero-order chi connectivity index (χ0) is 12.6. The van der Waals surface area contributed by atoms with E-state index in [0.29, 0.717) is 5.92 Å². The van der Waals surface area contributed by atoms with Gasteiger partial charge >= 0.3 is 0 Å². The van der Waals surface area contributed by atoms with Gasteiger partial charge < -0.3 is 5.73 Å². The number of rotatable bonds is 2. The molecule has 0 aromatic heterocycles. The standard InChI is InChI=1S/C15H25N/c1-11(2)15(6,16)13-9-7-12(8-10-13)14(3,4)5/h7-11H,16H2,1-6H3. The van der Waals surface area contributed by atoms with E-state index in [1.54, 1.807) is 0 Å². The van der Waals surface area contributed by atoms with Gasteiger partial charge in [-0.15, -0.1) is 0 Å². The minimum absolute atomic E-state index is 0.210. The van der Waals surface area contributed by atoms with Crippen molar-refractivity contribution < 1.29 is 0 Å². The summed E-state index contributed by atoms with van der Waals surface area (Å²) in [6.45, 7) is 13.1. The molecule has 2 N–H and O–H groups in total. The second kappa shape index (κ2) is 4.21. The van der Waals surface area contributed by atoms with E-state index < -0.39 is 0 Å². The summed E-state index contributed by atoms with van der Waals surface area (Å²) in [6, 6.07) is 8.73. The molecule has 1 aromatic rings. The third kappa shape index (κ3) is 2.65. The Balaban J connectivity index is 3.05. The first-order valence-electron chi connectivity index (χ1n) is 6.05. The van der Waals surface area contributed by atoms with Crippen LogP contribution in [0.25, 0.3) is 0 Å². The Morgan fingerprint density at radius 1 is 0.875 bits per heavy atom. The lowest BCUT2D eigenvalue weighted by molar-refractivity contribution is 0.350. The molecule has 90 valence electrons. The van der Waals surface area contributed by atoms with E-state index in [9.17, 15) is 0 Å². The van der Waals surface area contributed by atoms with Crippen molar-refractivity contribution in [3.05, 3.63) is 35.4 Å². The van der Waals surface area contributed by atoms with Crippen molar-refractivity contribution in [3.63, 3.8) is 0 Å². The fourth-order valence-corrected chi connectivity index (χ4v) is 1.66. The Morgan fingerprint density at radius 3 is 1.56 bits per heavy atom. The van der Waals surface area contributed by atoms with Crippen LogP contribution in [0, 0.1) is 5.92 Å². The maximum absolute atomic E-state index is 6.34. The Hall–Kier alpha value is -0.820. The van der Waals surface area contributed by atoms with Crippen LogP contribution in [-0.2, 0) is 11.0 Å². The minimum Gasteiger partial charge on any atom is -0.321 e. The molecule has 0 amide bonds. The van der Waals surface area contributed by atoms with Gasteiger partial charge in [0.25, 0.3) is 0 Å². The average Bonchev–Trinajstić information content (AvgIpc) is 2.16. The van der Waals surface area contributed by atoms with Crippen molar-refractivity contribution >= 4 is 0 Å². The number of hydrogen-bond acceptors (Lipinski definition) is 1. The molecule has 0 saturated heterocycles. The summed E-state index contributed by atoms with van der Waals surface area (Å²) in [5.41, 5.74) is 8.89. The highest BCUT2D eigenvalue weighted by atomic mass is 14.7. The Kier molecular flexibility index (Phi) is 3.49. The SMILES string of the molecule is CC(C)C(C)(N)c1ccc(C(C)(C)C)cc1. The molecule has 0 radical (unpaired) electrons. The molecule has 0 spiro atoms. The van der Waals surface area contributed by atoms with E-state index in [-0.39, 0.29) is 11.0 Å². The van der Waals surface area contributed by atoms with E-state index in [0.717, 1.165) is 0 Å². The predicted octanol–water partition coefficient (Wildman–Crippen LogP) is 3.81. The van der Waals surface area contributed by atoms with Gasteiger partial charge in [-0.2, -0.15) is 0 Å². The van der Waals surface area contributed by atoms with Gasteiger partial charge in [-0.25, -0.2) is 0 Å². The lowest BCUT2D eigenvalue weighted by Gasteiger charge is -2.30. The van der Waals surface area contributed by atoms with Crippen molar-refractivity contribution in [1.82, 2.24) is 0 Å². The summed E-state index contributed by atoms with van der Waals surface area (Å²) >= 11 is 0. The maximum atomic E-state index is 6.34. The van der Waals surface area contributed by atoms with Gasteiger partial charge in [-0.05, 0) is 29.4 Å². The molecule has 1 aromatic carbocycles. The van der Waals surface area contributed by atoms with Crippen molar-refractivity contribution in [3.8, 4) is 0 Å². The summed E-state index contributed by atoms with van der Waals surface area (Å²) in [4.78, 5) is 0. The average molecular weight is 219 g/mol. The van der Waals surface area contributed by atoms with Crippen LogP contribution in [0.1, 0.15) is 52.7 Å². The molecule has 0 bridgehead atoms. The van der Waals surface area contributed by atoms with Crippen LogP contribution in [-0.4, -0.2) is 0 Å². The lowest BCUT2D eigenvalue weighted by atomic mass is 9.80. The zero-order valence-corrected chi connectivity index (χ0v) is 11.5. The molecule has 1 rings (SSSR count). The molecule has 0 saturated carbocycles. The second-order valence-corrected chi connectivity index (χ2v) is 6.26. The van der Waals surface area contributed by atoms with Crippen molar-refractivity contribution in [2.75, 3.05) is 0 Å². The van der Waals surface area contributed by atoms with E-state index in [1.807, 2.05) is 0 Å². The Labute approximate surface area is 100 Å². The molecule has 0 fully saturated rings. The molecule has 16 heavy (non-hydrogen) atoms. The smallest absolute Gasteiger partial charge is 0.0404 e. The van der Waals surface area contributed by atoms with Crippen LogP contribution in [0.4, 0.5) is 0 Å². The molecule has 1 heteroatoms. The normalized spacial score (nSPS) is 16.2. The highest BCUT2D eigenvalue weighted by molar-refractivity contribution is 5.31. The number of nitrogens with two attached hydrogens (primary N) is 1. The molecule has 0 aliphatic rings. The van der Waals surface area contributed by atoms with Crippen LogP contribution in [0.5, 0.6) is 0 Å². The topological polar surface area (TPSA) is 26.0 Å². The van der Waals surface area contributed by atoms with Gasteiger partial charge in [0, 0.05) is 5.54 Å². The third-order valence-corrected chi connectivity index (χ3v) is 3.57. The summed E-state index contributed by atoms with van der Waals surface area (Å²) in [7, 11) is 0. The van der Waals surface area contributed by atoms with E-state index in [1.165, 1.54) is 11.1 Å². The summed E-state index contributed by atoms with van der Waals surface area (Å²) in [5.74, 6) is 0.438. The molecular weight excluding hydrogens is 194 g/mol. The van der Waals surface area contributed by atoms with Crippen molar-refractivity contribution in [1.29, 1.82) is 0 Å². The molecule has 0 aliphatic carbocycles. The van der Waals surface area contributed by atoms with Crippen LogP contribution >= 0.6 is 0 Å². The van der Waals surface area contributed by atoms with Gasteiger partial charge in [-0.1, -0.05) is 58.9 Å². The van der Waals surface area contributed by atoms with Crippen LogP contribution in [0.3, 0.4) is 0 Å². The molecule has 1 unspecified atom stereocenters. The van der Waals surface area contributed by atoms with E-state index in [2.05, 4.69) is 65.8 Å². The summed E-state index contributed by atoms with van der Waals surface area (Å²) < 4.78 is 0. The van der Waals surface area contributed by atoms with E-state index >= 15 is 0 Å². The monoisotopic (exact) mass is 219 g/mol. The van der Waals surface area contributed by atoms with Crippen LogP contribution in [0.2, 0.25) is 0 Å². The van der Waals surface area contributed by atoms with Crippen LogP contribution < -0.4 is 5.73 Å². The van der Waals surface area contributed by atoms with Crippen molar-refractivity contribution in [2.45, 2.75) is 52.5 Å². The van der Waals surface area contributed by atoms with Gasteiger partial charge in [0.05, 0.1) is 0 Å². The first kappa shape index (κ1) is 13.2. The highest BCUT2D eigenvalue weighted by Gasteiger charge is 2.25. The van der Waals surface area contributed by atoms with Gasteiger partial charge in [0.1, 0.15) is 0 Å². The van der Waals surface area contributed by atoms with E-state index in [4.69, 9.17) is 5.73 Å². The Bertz CT molecular complexity index is 339. The fraction of sp³-hybridized carbons (Fsp3) is 0.600.